The largest absolute Gasteiger partial charge is 0.497 e. The molecule has 0 aromatic heterocycles. The van der Waals surface area contributed by atoms with Crippen molar-refractivity contribution in [2.24, 2.45) is 0 Å². The maximum atomic E-state index is 12.3. The van der Waals surface area contributed by atoms with E-state index >= 15 is 0 Å². The first-order chi connectivity index (χ1) is 12.5. The lowest BCUT2D eigenvalue weighted by Crippen LogP contribution is -2.38. The van der Waals surface area contributed by atoms with Gasteiger partial charge in [-0.25, -0.2) is 0 Å². The molecule has 0 bridgehead atoms. The molecule has 0 fully saturated rings. The fourth-order valence-electron chi connectivity index (χ4n) is 2.59. The highest BCUT2D eigenvalue weighted by Gasteiger charge is 2.15. The number of carbonyl (C=O) groups is 2. The summed E-state index contributed by atoms with van der Waals surface area (Å²) in [5, 5.41) is 2.79. The van der Waals surface area contributed by atoms with Crippen molar-refractivity contribution < 1.29 is 19.1 Å². The number of hydrogen-bond acceptors (Lipinski definition) is 4. The topological polar surface area (TPSA) is 67.9 Å². The molecule has 2 amide bonds. The maximum absolute atomic E-state index is 12.3. The zero-order valence-corrected chi connectivity index (χ0v) is 15.3. The van der Waals surface area contributed by atoms with Gasteiger partial charge >= 0.3 is 0 Å². The van der Waals surface area contributed by atoms with Gasteiger partial charge in [-0.3, -0.25) is 9.59 Å². The van der Waals surface area contributed by atoms with Crippen LogP contribution in [0.5, 0.6) is 11.5 Å². The number of rotatable bonds is 8. The van der Waals surface area contributed by atoms with Gasteiger partial charge < -0.3 is 19.7 Å². The number of carbonyl (C=O) groups excluding carboxylic acids is 2. The highest BCUT2D eigenvalue weighted by Crippen LogP contribution is 2.18. The zero-order chi connectivity index (χ0) is 18.9. The highest BCUT2D eigenvalue weighted by molar-refractivity contribution is 5.94. The molecule has 6 nitrogen and oxygen atoms in total. The molecular formula is C20H24N2O4. The summed E-state index contributed by atoms with van der Waals surface area (Å²) in [6.45, 7) is 1.88. The summed E-state index contributed by atoms with van der Waals surface area (Å²) in [7, 11) is 3.18. The van der Waals surface area contributed by atoms with Crippen LogP contribution in [0.4, 0.5) is 5.69 Å². The Labute approximate surface area is 153 Å². The van der Waals surface area contributed by atoms with Gasteiger partial charge in [0.2, 0.25) is 11.8 Å². The van der Waals surface area contributed by atoms with Gasteiger partial charge in [0.15, 0.2) is 0 Å². The fraction of sp³-hybridized carbons (Fsp3) is 0.300. The standard InChI is InChI=1S/C20H24N2O4/c1-15(23)22(12-11-16-7-4-5-10-19(16)26-3)14-20(24)21-17-8-6-9-18(13-17)25-2/h4-10,13H,11-12,14H2,1-3H3,(H,21,24). The van der Waals surface area contributed by atoms with E-state index in [2.05, 4.69) is 5.32 Å². The molecule has 0 radical (unpaired) electrons. The van der Waals surface area contributed by atoms with Gasteiger partial charge in [0.1, 0.15) is 11.5 Å². The average Bonchev–Trinajstić information content (AvgIpc) is 2.65. The van der Waals surface area contributed by atoms with Crippen LogP contribution in [0.25, 0.3) is 0 Å². The monoisotopic (exact) mass is 356 g/mol. The normalized spacial score (nSPS) is 10.1. The number of nitrogens with zero attached hydrogens (tertiary/aromatic N) is 1. The fourth-order valence-corrected chi connectivity index (χ4v) is 2.59. The van der Waals surface area contributed by atoms with Crippen molar-refractivity contribution in [3.05, 3.63) is 54.1 Å². The number of amides is 2. The molecular weight excluding hydrogens is 332 g/mol. The lowest BCUT2D eigenvalue weighted by molar-refractivity contribution is -0.132. The number of nitrogens with one attached hydrogen (secondary N) is 1. The van der Waals surface area contributed by atoms with E-state index in [1.807, 2.05) is 24.3 Å². The summed E-state index contributed by atoms with van der Waals surface area (Å²) in [6, 6.07) is 14.7. The SMILES string of the molecule is COc1cccc(NC(=O)CN(CCc2ccccc2OC)C(C)=O)c1. The smallest absolute Gasteiger partial charge is 0.243 e. The average molecular weight is 356 g/mol. The molecule has 0 aliphatic rings. The lowest BCUT2D eigenvalue weighted by atomic mass is 10.1. The molecule has 1 N–H and O–H groups in total. The van der Waals surface area contributed by atoms with Gasteiger partial charge in [-0.2, -0.15) is 0 Å². The van der Waals surface area contributed by atoms with E-state index in [0.29, 0.717) is 24.4 Å². The highest BCUT2D eigenvalue weighted by atomic mass is 16.5. The summed E-state index contributed by atoms with van der Waals surface area (Å²) >= 11 is 0. The molecule has 138 valence electrons. The quantitative estimate of drug-likeness (QED) is 0.790. The van der Waals surface area contributed by atoms with E-state index in [-0.39, 0.29) is 18.4 Å². The van der Waals surface area contributed by atoms with Crippen molar-refractivity contribution in [1.82, 2.24) is 4.90 Å². The third-order valence-corrected chi connectivity index (χ3v) is 3.98. The van der Waals surface area contributed by atoms with Gasteiger partial charge in [-0.15, -0.1) is 0 Å². The molecule has 2 aromatic carbocycles. The molecule has 2 aromatic rings. The van der Waals surface area contributed by atoms with E-state index < -0.39 is 0 Å². The van der Waals surface area contributed by atoms with Crippen LogP contribution in [-0.2, 0) is 16.0 Å². The first-order valence-electron chi connectivity index (χ1n) is 8.34. The number of hydrogen-bond donors (Lipinski definition) is 1. The third kappa shape index (κ3) is 5.51. The molecule has 26 heavy (non-hydrogen) atoms. The predicted octanol–water partition coefficient (Wildman–Crippen LogP) is 2.73. The summed E-state index contributed by atoms with van der Waals surface area (Å²) in [6.07, 6.45) is 0.607. The van der Waals surface area contributed by atoms with Crippen LogP contribution in [0.15, 0.2) is 48.5 Å². The Morgan fingerprint density at radius 1 is 1.04 bits per heavy atom. The summed E-state index contributed by atoms with van der Waals surface area (Å²) < 4.78 is 10.5. The minimum atomic E-state index is -0.256. The van der Waals surface area contributed by atoms with Crippen LogP contribution >= 0.6 is 0 Å². The Hall–Kier alpha value is -3.02. The first-order valence-corrected chi connectivity index (χ1v) is 8.34. The molecule has 0 atom stereocenters. The minimum Gasteiger partial charge on any atom is -0.497 e. The Kier molecular flexibility index (Phi) is 7.02. The third-order valence-electron chi connectivity index (χ3n) is 3.98. The van der Waals surface area contributed by atoms with Crippen molar-refractivity contribution >= 4 is 17.5 Å². The molecule has 0 aliphatic heterocycles. The van der Waals surface area contributed by atoms with Crippen LogP contribution in [0, 0.1) is 0 Å². The Morgan fingerprint density at radius 2 is 1.81 bits per heavy atom. The van der Waals surface area contributed by atoms with Gasteiger partial charge in [-0.05, 0) is 30.2 Å². The number of anilines is 1. The van der Waals surface area contributed by atoms with Gasteiger partial charge in [0.05, 0.1) is 20.8 Å². The molecule has 0 aliphatic carbocycles. The predicted molar refractivity (Wildman–Crippen MR) is 101 cm³/mol. The summed E-state index contributed by atoms with van der Waals surface area (Å²) in [4.78, 5) is 25.7. The number of para-hydroxylation sites is 1. The van der Waals surface area contributed by atoms with Crippen LogP contribution in [0.3, 0.4) is 0 Å². The van der Waals surface area contributed by atoms with E-state index in [9.17, 15) is 9.59 Å². The summed E-state index contributed by atoms with van der Waals surface area (Å²) in [5.74, 6) is 1.02. The molecule has 2 rings (SSSR count). The van der Waals surface area contributed by atoms with Crippen LogP contribution in [0.1, 0.15) is 12.5 Å². The lowest BCUT2D eigenvalue weighted by Gasteiger charge is -2.21. The number of benzene rings is 2. The van der Waals surface area contributed by atoms with Crippen LogP contribution < -0.4 is 14.8 Å². The first kappa shape index (κ1) is 19.3. The van der Waals surface area contributed by atoms with Crippen LogP contribution in [-0.4, -0.2) is 44.0 Å². The molecule has 0 spiro atoms. The van der Waals surface area contributed by atoms with Crippen molar-refractivity contribution in [3.63, 3.8) is 0 Å². The molecule has 0 saturated carbocycles. The Morgan fingerprint density at radius 3 is 2.50 bits per heavy atom. The zero-order valence-electron chi connectivity index (χ0n) is 15.3. The van der Waals surface area contributed by atoms with Gasteiger partial charge in [0.25, 0.3) is 0 Å². The van der Waals surface area contributed by atoms with Crippen molar-refractivity contribution in [2.45, 2.75) is 13.3 Å². The molecule has 0 heterocycles. The van der Waals surface area contributed by atoms with Crippen molar-refractivity contribution in [1.29, 1.82) is 0 Å². The second-order valence-electron chi connectivity index (χ2n) is 5.78. The van der Waals surface area contributed by atoms with E-state index in [1.54, 1.807) is 38.5 Å². The minimum absolute atomic E-state index is 0.0122. The summed E-state index contributed by atoms with van der Waals surface area (Å²) in [5.41, 5.74) is 1.62. The number of ether oxygens (including phenoxy) is 2. The molecule has 6 heteroatoms. The number of methoxy groups -OCH3 is 2. The van der Waals surface area contributed by atoms with E-state index in [4.69, 9.17) is 9.47 Å². The Balaban J connectivity index is 1.96. The van der Waals surface area contributed by atoms with Crippen molar-refractivity contribution in [2.75, 3.05) is 32.6 Å². The van der Waals surface area contributed by atoms with E-state index in [0.717, 1.165) is 11.3 Å². The second-order valence-corrected chi connectivity index (χ2v) is 5.78. The second kappa shape index (κ2) is 9.46. The van der Waals surface area contributed by atoms with Gasteiger partial charge in [-0.1, -0.05) is 24.3 Å². The molecule has 0 saturated heterocycles. The van der Waals surface area contributed by atoms with Crippen molar-refractivity contribution in [3.8, 4) is 11.5 Å². The van der Waals surface area contributed by atoms with E-state index in [1.165, 1.54) is 11.8 Å². The maximum Gasteiger partial charge on any atom is 0.243 e. The molecule has 0 unspecified atom stereocenters. The van der Waals surface area contributed by atoms with Gasteiger partial charge in [0, 0.05) is 25.2 Å². The van der Waals surface area contributed by atoms with Crippen LogP contribution in [0.2, 0.25) is 0 Å². The Bertz CT molecular complexity index is 761.